The molecule has 72 valence electrons. The summed E-state index contributed by atoms with van der Waals surface area (Å²) in [6.07, 6.45) is 10.3. The summed E-state index contributed by atoms with van der Waals surface area (Å²) >= 11 is 3.51. The standard InChI is InChI=1S/C11H21Br/c1-10(7-8-12)9-11-5-3-2-4-6-11/h10-11H,2-9H2,1H3/t10-/m0/s1. The number of alkyl halides is 1. The molecule has 1 saturated carbocycles. The predicted octanol–water partition coefficient (Wildman–Crippen LogP) is 4.38. The highest BCUT2D eigenvalue weighted by atomic mass is 79.9. The van der Waals surface area contributed by atoms with Gasteiger partial charge in [-0.1, -0.05) is 55.0 Å². The molecule has 1 heteroatoms. The first-order chi connectivity index (χ1) is 5.83. The first-order valence-corrected chi connectivity index (χ1v) is 6.51. The van der Waals surface area contributed by atoms with Crippen LogP contribution in [0.3, 0.4) is 0 Å². The van der Waals surface area contributed by atoms with Crippen LogP contribution in [-0.2, 0) is 0 Å². The summed E-state index contributed by atoms with van der Waals surface area (Å²) in [6.45, 7) is 2.40. The fourth-order valence-electron chi connectivity index (χ4n) is 2.30. The van der Waals surface area contributed by atoms with E-state index < -0.39 is 0 Å². The quantitative estimate of drug-likeness (QED) is 0.632. The van der Waals surface area contributed by atoms with Crippen LogP contribution in [0.2, 0.25) is 0 Å². The largest absolute Gasteiger partial charge is 0.0928 e. The van der Waals surface area contributed by atoms with Crippen LogP contribution < -0.4 is 0 Å². The summed E-state index contributed by atoms with van der Waals surface area (Å²) in [7, 11) is 0. The van der Waals surface area contributed by atoms with Gasteiger partial charge in [-0.25, -0.2) is 0 Å². The van der Waals surface area contributed by atoms with E-state index >= 15 is 0 Å². The fourth-order valence-corrected chi connectivity index (χ4v) is 3.08. The van der Waals surface area contributed by atoms with Gasteiger partial charge in [-0.15, -0.1) is 0 Å². The van der Waals surface area contributed by atoms with E-state index in [0.29, 0.717) is 0 Å². The average molecular weight is 233 g/mol. The fraction of sp³-hybridized carbons (Fsp3) is 1.00. The first-order valence-electron chi connectivity index (χ1n) is 5.39. The molecule has 1 aliphatic carbocycles. The Kier molecular flexibility index (Phi) is 5.29. The maximum atomic E-state index is 3.51. The molecule has 0 aromatic rings. The minimum Gasteiger partial charge on any atom is -0.0928 e. The van der Waals surface area contributed by atoms with Gasteiger partial charge in [0.05, 0.1) is 0 Å². The highest BCUT2D eigenvalue weighted by Gasteiger charge is 2.15. The molecule has 0 nitrogen and oxygen atoms in total. The van der Waals surface area contributed by atoms with Gasteiger partial charge in [0.25, 0.3) is 0 Å². The van der Waals surface area contributed by atoms with E-state index in [9.17, 15) is 0 Å². The molecule has 0 unspecified atom stereocenters. The molecule has 0 saturated heterocycles. The van der Waals surface area contributed by atoms with Gasteiger partial charge in [-0.3, -0.25) is 0 Å². The summed E-state index contributed by atoms with van der Waals surface area (Å²) in [5, 5.41) is 1.18. The van der Waals surface area contributed by atoms with Gasteiger partial charge >= 0.3 is 0 Å². The van der Waals surface area contributed by atoms with Crippen molar-refractivity contribution in [3.05, 3.63) is 0 Å². The molecular formula is C11H21Br. The SMILES string of the molecule is C[C@@H](CCBr)CC1CCCCC1. The van der Waals surface area contributed by atoms with Crippen LogP contribution in [0.4, 0.5) is 0 Å². The number of rotatable bonds is 4. The molecule has 0 bridgehead atoms. The molecule has 0 radical (unpaired) electrons. The van der Waals surface area contributed by atoms with Crippen LogP contribution in [0.1, 0.15) is 51.9 Å². The Bertz CT molecular complexity index is 106. The monoisotopic (exact) mass is 232 g/mol. The van der Waals surface area contributed by atoms with E-state index in [4.69, 9.17) is 0 Å². The van der Waals surface area contributed by atoms with Crippen molar-refractivity contribution in [3.8, 4) is 0 Å². The van der Waals surface area contributed by atoms with Crippen molar-refractivity contribution in [1.82, 2.24) is 0 Å². The lowest BCUT2D eigenvalue weighted by atomic mass is 9.83. The normalized spacial score (nSPS) is 22.5. The van der Waals surface area contributed by atoms with Gasteiger partial charge in [0.2, 0.25) is 0 Å². The van der Waals surface area contributed by atoms with Crippen molar-refractivity contribution in [2.45, 2.75) is 51.9 Å². The molecular weight excluding hydrogens is 212 g/mol. The van der Waals surface area contributed by atoms with Crippen molar-refractivity contribution in [1.29, 1.82) is 0 Å². The van der Waals surface area contributed by atoms with E-state index in [1.54, 1.807) is 0 Å². The van der Waals surface area contributed by atoms with E-state index in [0.717, 1.165) is 11.8 Å². The molecule has 0 aliphatic heterocycles. The van der Waals surface area contributed by atoms with Crippen molar-refractivity contribution < 1.29 is 0 Å². The number of hydrogen-bond donors (Lipinski definition) is 0. The molecule has 1 rings (SSSR count). The molecule has 0 aromatic carbocycles. The average Bonchev–Trinajstić information content (AvgIpc) is 2.06. The van der Waals surface area contributed by atoms with Crippen molar-refractivity contribution >= 4 is 15.9 Å². The molecule has 1 aliphatic rings. The number of halogens is 1. The Labute approximate surface area is 85.3 Å². The van der Waals surface area contributed by atoms with Gasteiger partial charge in [-0.05, 0) is 24.7 Å². The number of hydrogen-bond acceptors (Lipinski definition) is 0. The van der Waals surface area contributed by atoms with E-state index in [-0.39, 0.29) is 0 Å². The second kappa shape index (κ2) is 6.01. The maximum Gasteiger partial charge on any atom is 0.00338 e. The summed E-state index contributed by atoms with van der Waals surface area (Å²) in [6, 6.07) is 0. The lowest BCUT2D eigenvalue weighted by Gasteiger charge is -2.24. The third-order valence-corrected chi connectivity index (χ3v) is 3.52. The highest BCUT2D eigenvalue weighted by molar-refractivity contribution is 9.09. The zero-order valence-electron chi connectivity index (χ0n) is 8.19. The van der Waals surface area contributed by atoms with Crippen LogP contribution in [0.25, 0.3) is 0 Å². The summed E-state index contributed by atoms with van der Waals surface area (Å²) in [5.74, 6) is 2.00. The smallest absolute Gasteiger partial charge is 0.00338 e. The Balaban J connectivity index is 2.11. The summed E-state index contributed by atoms with van der Waals surface area (Å²) < 4.78 is 0. The van der Waals surface area contributed by atoms with E-state index in [1.807, 2.05) is 0 Å². The lowest BCUT2D eigenvalue weighted by Crippen LogP contribution is -2.10. The van der Waals surface area contributed by atoms with Crippen LogP contribution >= 0.6 is 15.9 Å². The molecule has 0 aromatic heterocycles. The molecule has 12 heavy (non-hydrogen) atoms. The van der Waals surface area contributed by atoms with Gasteiger partial charge in [0, 0.05) is 5.33 Å². The lowest BCUT2D eigenvalue weighted by molar-refractivity contribution is 0.294. The second-order valence-electron chi connectivity index (χ2n) is 4.32. The van der Waals surface area contributed by atoms with Crippen LogP contribution in [0.5, 0.6) is 0 Å². The van der Waals surface area contributed by atoms with Gasteiger partial charge in [-0.2, -0.15) is 0 Å². The predicted molar refractivity (Wildman–Crippen MR) is 58.8 cm³/mol. The molecule has 1 fully saturated rings. The summed E-state index contributed by atoms with van der Waals surface area (Å²) in [5.41, 5.74) is 0. The summed E-state index contributed by atoms with van der Waals surface area (Å²) in [4.78, 5) is 0. The second-order valence-corrected chi connectivity index (χ2v) is 5.12. The first kappa shape index (κ1) is 10.6. The Hall–Kier alpha value is 0.480. The van der Waals surface area contributed by atoms with Crippen molar-refractivity contribution in [2.75, 3.05) is 5.33 Å². The minimum absolute atomic E-state index is 0.937. The van der Waals surface area contributed by atoms with Crippen molar-refractivity contribution in [2.24, 2.45) is 11.8 Å². The molecule has 0 spiro atoms. The van der Waals surface area contributed by atoms with Crippen molar-refractivity contribution in [3.63, 3.8) is 0 Å². The van der Waals surface area contributed by atoms with Gasteiger partial charge in [0.15, 0.2) is 0 Å². The third kappa shape index (κ3) is 3.93. The molecule has 0 N–H and O–H groups in total. The van der Waals surface area contributed by atoms with Gasteiger partial charge in [0.1, 0.15) is 0 Å². The van der Waals surface area contributed by atoms with Crippen LogP contribution in [-0.4, -0.2) is 5.33 Å². The minimum atomic E-state index is 0.937. The molecule has 1 atom stereocenters. The van der Waals surface area contributed by atoms with Gasteiger partial charge < -0.3 is 0 Å². The van der Waals surface area contributed by atoms with Crippen LogP contribution in [0.15, 0.2) is 0 Å². The van der Waals surface area contributed by atoms with E-state index in [2.05, 4.69) is 22.9 Å². The Morgan fingerprint density at radius 1 is 1.25 bits per heavy atom. The zero-order chi connectivity index (χ0) is 8.81. The maximum absolute atomic E-state index is 3.51. The van der Waals surface area contributed by atoms with E-state index in [1.165, 1.54) is 50.3 Å². The Morgan fingerprint density at radius 3 is 2.50 bits per heavy atom. The Morgan fingerprint density at radius 2 is 1.92 bits per heavy atom. The third-order valence-electron chi connectivity index (χ3n) is 3.06. The molecule has 0 amide bonds. The van der Waals surface area contributed by atoms with Crippen LogP contribution in [0, 0.1) is 11.8 Å². The zero-order valence-corrected chi connectivity index (χ0v) is 9.78. The topological polar surface area (TPSA) is 0 Å². The highest BCUT2D eigenvalue weighted by Crippen LogP contribution is 2.29. The molecule has 0 heterocycles.